The maximum Gasteiger partial charge on any atom is 0.0897 e. The van der Waals surface area contributed by atoms with Gasteiger partial charge in [0.05, 0.1) is 25.9 Å². The molecule has 0 aromatic rings. The molecule has 4 heteroatoms. The highest BCUT2D eigenvalue weighted by Gasteiger charge is 2.50. The van der Waals surface area contributed by atoms with Crippen LogP contribution in [0.4, 0.5) is 0 Å². The summed E-state index contributed by atoms with van der Waals surface area (Å²) in [5.74, 6) is 2.86. The monoisotopic (exact) mass is 311 g/mol. The average Bonchev–Trinajstić information content (AvgIpc) is 2.46. The van der Waals surface area contributed by atoms with Gasteiger partial charge in [-0.25, -0.2) is 0 Å². The van der Waals surface area contributed by atoms with E-state index in [2.05, 4.69) is 5.32 Å². The molecule has 4 saturated carbocycles. The summed E-state index contributed by atoms with van der Waals surface area (Å²) in [6, 6.07) is 0.0813. The normalized spacial score (nSPS) is 39.1. The van der Waals surface area contributed by atoms with Crippen LogP contribution in [0.2, 0.25) is 0 Å². The van der Waals surface area contributed by atoms with E-state index in [9.17, 15) is 5.11 Å². The minimum Gasteiger partial charge on any atom is -0.395 e. The summed E-state index contributed by atoms with van der Waals surface area (Å²) in [4.78, 5) is 0. The topological polar surface area (TPSA) is 61.7 Å². The Morgan fingerprint density at radius 2 is 1.73 bits per heavy atom. The second kappa shape index (κ2) is 7.16. The fourth-order valence-electron chi connectivity index (χ4n) is 5.58. The molecular formula is C18H33NO3. The number of aliphatic hydroxyl groups excluding tert-OH is 2. The molecule has 3 N–H and O–H groups in total. The highest BCUT2D eigenvalue weighted by Crippen LogP contribution is 2.59. The van der Waals surface area contributed by atoms with Crippen molar-refractivity contribution >= 4 is 0 Å². The summed E-state index contributed by atoms with van der Waals surface area (Å²) in [5.41, 5.74) is 0.430. The van der Waals surface area contributed by atoms with Gasteiger partial charge in [-0.15, -0.1) is 0 Å². The van der Waals surface area contributed by atoms with Crippen LogP contribution in [0.3, 0.4) is 0 Å². The van der Waals surface area contributed by atoms with E-state index in [0.29, 0.717) is 18.6 Å². The van der Waals surface area contributed by atoms with Crippen LogP contribution in [0, 0.1) is 23.2 Å². The third-order valence-corrected chi connectivity index (χ3v) is 6.24. The first kappa shape index (κ1) is 16.7. The second-order valence-corrected chi connectivity index (χ2v) is 8.28. The number of nitrogens with one attached hydrogen (secondary N) is 1. The van der Waals surface area contributed by atoms with Crippen LogP contribution in [0.15, 0.2) is 0 Å². The lowest BCUT2D eigenvalue weighted by Gasteiger charge is -2.56. The van der Waals surface area contributed by atoms with Crippen molar-refractivity contribution in [2.75, 3.05) is 26.4 Å². The Kier molecular flexibility index (Phi) is 5.43. The predicted molar refractivity (Wildman–Crippen MR) is 86.6 cm³/mol. The van der Waals surface area contributed by atoms with Gasteiger partial charge in [-0.1, -0.05) is 6.92 Å². The summed E-state index contributed by atoms with van der Waals surface area (Å²) in [5, 5.41) is 22.4. The summed E-state index contributed by atoms with van der Waals surface area (Å²) < 4.78 is 5.93. The Bertz CT molecular complexity index is 321. The van der Waals surface area contributed by atoms with Crippen LogP contribution in [0.5, 0.6) is 0 Å². The quantitative estimate of drug-likeness (QED) is 0.609. The van der Waals surface area contributed by atoms with Gasteiger partial charge in [-0.05, 0) is 68.1 Å². The van der Waals surface area contributed by atoms with E-state index in [1.54, 1.807) is 0 Å². The standard InChI is InChI=1S/C18H33NO3/c1-2-16(10-20)19-9-17(21)11-22-12-18-6-13-3-14(7-18)5-15(4-13)8-18/h13-17,19-21H,2-12H2,1H3/t13?,14?,15?,16-,17-,18?/m1/s1. The van der Waals surface area contributed by atoms with Gasteiger partial charge in [-0.3, -0.25) is 0 Å². The number of rotatable bonds is 9. The van der Waals surface area contributed by atoms with Gasteiger partial charge in [0.1, 0.15) is 0 Å². The molecule has 2 atom stereocenters. The van der Waals surface area contributed by atoms with Crippen LogP contribution >= 0.6 is 0 Å². The first-order chi connectivity index (χ1) is 10.6. The van der Waals surface area contributed by atoms with Crippen molar-refractivity contribution in [2.45, 2.75) is 64.0 Å². The molecule has 4 rings (SSSR count). The van der Waals surface area contributed by atoms with Crippen molar-refractivity contribution in [3.8, 4) is 0 Å². The molecule has 0 aromatic heterocycles. The first-order valence-corrected chi connectivity index (χ1v) is 9.22. The summed E-state index contributed by atoms with van der Waals surface area (Å²) in [7, 11) is 0. The van der Waals surface area contributed by atoms with Crippen molar-refractivity contribution in [1.82, 2.24) is 5.32 Å². The zero-order valence-corrected chi connectivity index (χ0v) is 14.0. The van der Waals surface area contributed by atoms with Gasteiger partial charge in [0.15, 0.2) is 0 Å². The van der Waals surface area contributed by atoms with Crippen molar-refractivity contribution in [3.05, 3.63) is 0 Å². The van der Waals surface area contributed by atoms with E-state index in [1.165, 1.54) is 38.5 Å². The molecule has 4 aliphatic rings. The van der Waals surface area contributed by atoms with Gasteiger partial charge < -0.3 is 20.3 Å². The Labute approximate surface area is 134 Å². The maximum atomic E-state index is 10.0. The molecule has 0 unspecified atom stereocenters. The van der Waals surface area contributed by atoms with Gasteiger partial charge >= 0.3 is 0 Å². The van der Waals surface area contributed by atoms with Crippen molar-refractivity contribution in [3.63, 3.8) is 0 Å². The molecule has 0 spiro atoms. The number of aliphatic hydroxyl groups is 2. The smallest absolute Gasteiger partial charge is 0.0897 e. The molecule has 0 amide bonds. The predicted octanol–water partition coefficient (Wildman–Crippen LogP) is 1.94. The SMILES string of the molecule is CC[C@H](CO)NC[C@@H](O)COCC12CC3CC(CC(C3)C1)C2. The fourth-order valence-corrected chi connectivity index (χ4v) is 5.58. The highest BCUT2D eigenvalue weighted by atomic mass is 16.5. The molecule has 0 radical (unpaired) electrons. The molecular weight excluding hydrogens is 278 g/mol. The third-order valence-electron chi connectivity index (χ3n) is 6.24. The minimum absolute atomic E-state index is 0.0813. The number of hydrogen-bond acceptors (Lipinski definition) is 4. The lowest BCUT2D eigenvalue weighted by Crippen LogP contribution is -2.48. The van der Waals surface area contributed by atoms with Gasteiger partial charge in [0.2, 0.25) is 0 Å². The molecule has 0 aliphatic heterocycles. The Morgan fingerprint density at radius 1 is 1.14 bits per heavy atom. The largest absolute Gasteiger partial charge is 0.395 e. The third kappa shape index (κ3) is 3.84. The van der Waals surface area contributed by atoms with Gasteiger partial charge in [0.25, 0.3) is 0 Å². The molecule has 22 heavy (non-hydrogen) atoms. The summed E-state index contributed by atoms with van der Waals surface area (Å²) in [6.45, 7) is 3.91. The highest BCUT2D eigenvalue weighted by molar-refractivity contribution is 5.01. The van der Waals surface area contributed by atoms with Crippen LogP contribution in [-0.2, 0) is 4.74 Å². The van der Waals surface area contributed by atoms with E-state index in [1.807, 2.05) is 6.92 Å². The van der Waals surface area contributed by atoms with Crippen LogP contribution < -0.4 is 5.32 Å². The van der Waals surface area contributed by atoms with Gasteiger partial charge in [-0.2, -0.15) is 0 Å². The van der Waals surface area contributed by atoms with E-state index in [-0.39, 0.29) is 12.6 Å². The summed E-state index contributed by atoms with van der Waals surface area (Å²) in [6.07, 6.45) is 8.86. The van der Waals surface area contributed by atoms with Crippen molar-refractivity contribution < 1.29 is 14.9 Å². The zero-order valence-electron chi connectivity index (χ0n) is 14.0. The number of ether oxygens (including phenoxy) is 1. The van der Waals surface area contributed by atoms with E-state index >= 15 is 0 Å². The zero-order chi connectivity index (χ0) is 15.6. The molecule has 4 bridgehead atoms. The van der Waals surface area contributed by atoms with Crippen LogP contribution in [-0.4, -0.2) is 48.7 Å². The van der Waals surface area contributed by atoms with Crippen LogP contribution in [0.1, 0.15) is 51.9 Å². The van der Waals surface area contributed by atoms with E-state index < -0.39 is 6.10 Å². The van der Waals surface area contributed by atoms with Gasteiger partial charge in [0, 0.05) is 12.6 Å². The molecule has 128 valence electrons. The molecule has 4 aliphatic carbocycles. The average molecular weight is 311 g/mol. The molecule has 0 aromatic carbocycles. The Balaban J connectivity index is 1.38. The van der Waals surface area contributed by atoms with Crippen molar-refractivity contribution in [1.29, 1.82) is 0 Å². The van der Waals surface area contributed by atoms with Crippen LogP contribution in [0.25, 0.3) is 0 Å². The van der Waals surface area contributed by atoms with E-state index in [0.717, 1.165) is 30.8 Å². The molecule has 4 nitrogen and oxygen atoms in total. The lowest BCUT2D eigenvalue weighted by atomic mass is 9.50. The molecule has 4 fully saturated rings. The van der Waals surface area contributed by atoms with Crippen molar-refractivity contribution in [2.24, 2.45) is 23.2 Å². The second-order valence-electron chi connectivity index (χ2n) is 8.28. The minimum atomic E-state index is -0.477. The maximum absolute atomic E-state index is 10.0. The first-order valence-electron chi connectivity index (χ1n) is 9.22. The Morgan fingerprint density at radius 3 is 2.23 bits per heavy atom. The molecule has 0 saturated heterocycles. The lowest BCUT2D eigenvalue weighted by molar-refractivity contribution is -0.105. The fraction of sp³-hybridized carbons (Fsp3) is 1.00. The van der Waals surface area contributed by atoms with E-state index in [4.69, 9.17) is 9.84 Å². The summed E-state index contributed by atoms with van der Waals surface area (Å²) >= 11 is 0. The molecule has 0 heterocycles. The number of hydrogen-bond donors (Lipinski definition) is 3. The Hall–Kier alpha value is -0.160.